The third-order valence-corrected chi connectivity index (χ3v) is 3.44. The maximum Gasteiger partial charge on any atom is 0.252 e. The fraction of sp³-hybridized carbons (Fsp3) is 0.833. The number of nitriles is 1. The number of carbonyl (C=O) groups is 1. The van der Waals surface area contributed by atoms with Crippen molar-refractivity contribution in [3.05, 3.63) is 0 Å². The highest BCUT2D eigenvalue weighted by Crippen LogP contribution is 2.24. The number of hydrogen-bond donors (Lipinski definition) is 0. The molecule has 3 unspecified atom stereocenters. The lowest BCUT2D eigenvalue weighted by atomic mass is 10.0. The second kappa shape index (κ2) is 4.84. The first kappa shape index (κ1) is 11.4. The van der Waals surface area contributed by atoms with Crippen molar-refractivity contribution in [2.24, 2.45) is 0 Å². The van der Waals surface area contributed by atoms with E-state index in [2.05, 4.69) is 6.07 Å². The number of nitrogens with zero attached hydrogens (tertiary/aromatic N) is 2. The first-order chi connectivity index (χ1) is 7.72. The summed E-state index contributed by atoms with van der Waals surface area (Å²) in [6.07, 6.45) is 4.49. The SMILES string of the molecule is CC1CCC(C(=O)N2CCCCC2C#N)O1. The van der Waals surface area contributed by atoms with Gasteiger partial charge in [0.05, 0.1) is 12.2 Å². The minimum absolute atomic E-state index is 0.0237. The van der Waals surface area contributed by atoms with Crippen molar-refractivity contribution in [3.8, 4) is 6.07 Å². The molecule has 0 bridgehead atoms. The van der Waals surface area contributed by atoms with E-state index < -0.39 is 0 Å². The number of carbonyl (C=O) groups excluding carboxylic acids is 1. The summed E-state index contributed by atoms with van der Waals surface area (Å²) in [7, 11) is 0. The van der Waals surface area contributed by atoms with Gasteiger partial charge in [-0.2, -0.15) is 5.26 Å². The Morgan fingerprint density at radius 2 is 2.19 bits per heavy atom. The lowest BCUT2D eigenvalue weighted by Gasteiger charge is -2.33. The van der Waals surface area contributed by atoms with E-state index in [1.54, 1.807) is 4.90 Å². The molecular weight excluding hydrogens is 204 g/mol. The molecule has 4 heteroatoms. The average molecular weight is 222 g/mol. The van der Waals surface area contributed by atoms with E-state index >= 15 is 0 Å². The lowest BCUT2D eigenvalue weighted by molar-refractivity contribution is -0.145. The fourth-order valence-electron chi connectivity index (χ4n) is 2.50. The molecule has 2 fully saturated rings. The summed E-state index contributed by atoms with van der Waals surface area (Å²) in [5, 5.41) is 9.02. The van der Waals surface area contributed by atoms with E-state index in [0.29, 0.717) is 6.54 Å². The molecule has 4 nitrogen and oxygen atoms in total. The van der Waals surface area contributed by atoms with Gasteiger partial charge < -0.3 is 9.64 Å². The minimum Gasteiger partial charge on any atom is -0.365 e. The first-order valence-electron chi connectivity index (χ1n) is 6.08. The maximum atomic E-state index is 12.2. The van der Waals surface area contributed by atoms with Crippen LogP contribution in [0.5, 0.6) is 0 Å². The molecular formula is C12H18N2O2. The van der Waals surface area contributed by atoms with E-state index in [0.717, 1.165) is 32.1 Å². The number of ether oxygens (including phenoxy) is 1. The Labute approximate surface area is 96.2 Å². The molecule has 0 aliphatic carbocycles. The van der Waals surface area contributed by atoms with Crippen LogP contribution >= 0.6 is 0 Å². The largest absolute Gasteiger partial charge is 0.365 e. The summed E-state index contributed by atoms with van der Waals surface area (Å²) in [5.41, 5.74) is 0. The Morgan fingerprint density at radius 1 is 1.38 bits per heavy atom. The topological polar surface area (TPSA) is 53.3 Å². The molecule has 0 radical (unpaired) electrons. The predicted octanol–water partition coefficient (Wildman–Crippen LogP) is 1.46. The zero-order chi connectivity index (χ0) is 11.5. The average Bonchev–Trinajstić information content (AvgIpc) is 2.75. The van der Waals surface area contributed by atoms with Gasteiger partial charge in [-0.3, -0.25) is 4.79 Å². The van der Waals surface area contributed by atoms with Gasteiger partial charge in [0.2, 0.25) is 0 Å². The quantitative estimate of drug-likeness (QED) is 0.675. The Hall–Kier alpha value is -1.08. The summed E-state index contributed by atoms with van der Waals surface area (Å²) >= 11 is 0. The highest BCUT2D eigenvalue weighted by molar-refractivity contribution is 5.82. The Kier molecular flexibility index (Phi) is 3.45. The summed E-state index contributed by atoms with van der Waals surface area (Å²) in [6, 6.07) is 1.98. The van der Waals surface area contributed by atoms with Gasteiger partial charge in [0.1, 0.15) is 12.1 Å². The van der Waals surface area contributed by atoms with Gasteiger partial charge in [-0.05, 0) is 39.0 Å². The van der Waals surface area contributed by atoms with E-state index in [1.165, 1.54) is 0 Å². The molecule has 0 aromatic heterocycles. The van der Waals surface area contributed by atoms with Crippen LogP contribution in [0.25, 0.3) is 0 Å². The fourth-order valence-corrected chi connectivity index (χ4v) is 2.50. The van der Waals surface area contributed by atoms with Crippen molar-refractivity contribution in [1.82, 2.24) is 4.90 Å². The van der Waals surface area contributed by atoms with Gasteiger partial charge in [-0.1, -0.05) is 0 Å². The van der Waals surface area contributed by atoms with Crippen molar-refractivity contribution in [2.75, 3.05) is 6.54 Å². The van der Waals surface area contributed by atoms with Crippen LogP contribution in [-0.4, -0.2) is 35.6 Å². The normalized spacial score (nSPS) is 34.8. The zero-order valence-corrected chi connectivity index (χ0v) is 9.69. The lowest BCUT2D eigenvalue weighted by Crippen LogP contribution is -2.47. The zero-order valence-electron chi connectivity index (χ0n) is 9.69. The molecule has 2 heterocycles. The second-order valence-corrected chi connectivity index (χ2v) is 4.69. The summed E-state index contributed by atoms with van der Waals surface area (Å²) in [4.78, 5) is 13.9. The van der Waals surface area contributed by atoms with E-state index in [4.69, 9.17) is 10.00 Å². The maximum absolute atomic E-state index is 12.2. The Balaban J connectivity index is 2.00. The Morgan fingerprint density at radius 3 is 2.81 bits per heavy atom. The molecule has 0 N–H and O–H groups in total. The minimum atomic E-state index is -0.302. The molecule has 0 spiro atoms. The van der Waals surface area contributed by atoms with Gasteiger partial charge in [-0.15, -0.1) is 0 Å². The standard InChI is InChI=1S/C12H18N2O2/c1-9-5-6-11(16-9)12(15)14-7-3-2-4-10(14)8-13/h9-11H,2-7H2,1H3. The third-order valence-electron chi connectivity index (χ3n) is 3.44. The van der Waals surface area contributed by atoms with Crippen LogP contribution in [0.15, 0.2) is 0 Å². The van der Waals surface area contributed by atoms with Gasteiger partial charge in [0.15, 0.2) is 0 Å². The number of piperidine rings is 1. The van der Waals surface area contributed by atoms with E-state index in [1.807, 2.05) is 6.92 Å². The van der Waals surface area contributed by atoms with Crippen molar-refractivity contribution >= 4 is 5.91 Å². The predicted molar refractivity (Wildman–Crippen MR) is 58.5 cm³/mol. The summed E-state index contributed by atoms with van der Waals surface area (Å²) in [6.45, 7) is 2.70. The molecule has 2 rings (SSSR count). The summed E-state index contributed by atoms with van der Waals surface area (Å²) in [5.74, 6) is 0.0237. The monoisotopic (exact) mass is 222 g/mol. The van der Waals surface area contributed by atoms with Gasteiger partial charge >= 0.3 is 0 Å². The van der Waals surface area contributed by atoms with Crippen molar-refractivity contribution in [1.29, 1.82) is 5.26 Å². The highest BCUT2D eigenvalue weighted by atomic mass is 16.5. The van der Waals surface area contributed by atoms with Crippen LogP contribution in [0, 0.1) is 11.3 Å². The van der Waals surface area contributed by atoms with Crippen LogP contribution in [0.2, 0.25) is 0 Å². The molecule has 2 saturated heterocycles. The van der Waals surface area contributed by atoms with E-state index in [9.17, 15) is 4.79 Å². The van der Waals surface area contributed by atoms with Crippen LogP contribution in [0.3, 0.4) is 0 Å². The molecule has 0 aromatic carbocycles. The van der Waals surface area contributed by atoms with Gasteiger partial charge in [-0.25, -0.2) is 0 Å². The van der Waals surface area contributed by atoms with Gasteiger partial charge in [0.25, 0.3) is 5.91 Å². The molecule has 16 heavy (non-hydrogen) atoms. The van der Waals surface area contributed by atoms with Crippen LogP contribution in [0.1, 0.15) is 39.0 Å². The van der Waals surface area contributed by atoms with Crippen LogP contribution < -0.4 is 0 Å². The molecule has 2 aliphatic heterocycles. The number of rotatable bonds is 1. The molecule has 0 aromatic rings. The van der Waals surface area contributed by atoms with Crippen molar-refractivity contribution < 1.29 is 9.53 Å². The molecule has 3 atom stereocenters. The van der Waals surface area contributed by atoms with Crippen LogP contribution in [0.4, 0.5) is 0 Å². The van der Waals surface area contributed by atoms with Crippen molar-refractivity contribution in [2.45, 2.75) is 57.3 Å². The molecule has 1 amide bonds. The smallest absolute Gasteiger partial charge is 0.252 e. The number of amides is 1. The highest BCUT2D eigenvalue weighted by Gasteiger charge is 2.35. The summed E-state index contributed by atoms with van der Waals surface area (Å²) < 4.78 is 5.57. The third kappa shape index (κ3) is 2.19. The second-order valence-electron chi connectivity index (χ2n) is 4.69. The number of likely N-dealkylation sites (tertiary alicyclic amines) is 1. The Bertz CT molecular complexity index is 311. The molecule has 2 aliphatic rings. The van der Waals surface area contributed by atoms with Gasteiger partial charge in [0, 0.05) is 6.54 Å². The number of hydrogen-bond acceptors (Lipinski definition) is 3. The molecule has 0 saturated carbocycles. The van der Waals surface area contributed by atoms with Crippen LogP contribution in [-0.2, 0) is 9.53 Å². The first-order valence-corrected chi connectivity index (χ1v) is 6.08. The van der Waals surface area contributed by atoms with E-state index in [-0.39, 0.29) is 24.2 Å². The van der Waals surface area contributed by atoms with Crippen molar-refractivity contribution in [3.63, 3.8) is 0 Å². The molecule has 88 valence electrons.